The molecule has 3 aromatic rings. The van der Waals surface area contributed by atoms with Gasteiger partial charge >= 0.3 is 11.9 Å². The van der Waals surface area contributed by atoms with E-state index >= 15 is 0 Å². The van der Waals surface area contributed by atoms with Gasteiger partial charge in [0.1, 0.15) is 18.1 Å². The van der Waals surface area contributed by atoms with Crippen LogP contribution in [0.5, 0.6) is 11.5 Å². The molecule has 0 aliphatic rings. The smallest absolute Gasteiger partial charge is 0.349 e. The summed E-state index contributed by atoms with van der Waals surface area (Å²) >= 11 is 3.41. The van der Waals surface area contributed by atoms with Crippen LogP contribution in [-0.2, 0) is 16.1 Å². The highest BCUT2D eigenvalue weighted by atomic mass is 79.9. The molecule has 0 bridgehead atoms. The van der Waals surface area contributed by atoms with Crippen LogP contribution in [0.4, 0.5) is 0 Å². The topological polar surface area (TPSA) is 61.8 Å². The van der Waals surface area contributed by atoms with Crippen LogP contribution in [0.25, 0.3) is 0 Å². The molecule has 29 heavy (non-hydrogen) atoms. The lowest BCUT2D eigenvalue weighted by atomic mass is 10.2. The van der Waals surface area contributed by atoms with Crippen molar-refractivity contribution in [1.29, 1.82) is 0 Å². The third-order valence-corrected chi connectivity index (χ3v) is 4.91. The van der Waals surface area contributed by atoms with Gasteiger partial charge in [0, 0.05) is 4.47 Å². The van der Waals surface area contributed by atoms with Gasteiger partial charge in [-0.25, -0.2) is 9.59 Å². The monoisotopic (exact) mass is 454 g/mol. The van der Waals surface area contributed by atoms with Gasteiger partial charge in [0.15, 0.2) is 6.61 Å². The van der Waals surface area contributed by atoms with E-state index in [0.717, 1.165) is 15.6 Å². The van der Waals surface area contributed by atoms with Gasteiger partial charge in [0.25, 0.3) is 0 Å². The Morgan fingerprint density at radius 3 is 2.28 bits per heavy atom. The van der Waals surface area contributed by atoms with E-state index in [0.29, 0.717) is 17.1 Å². The molecule has 0 aromatic heterocycles. The van der Waals surface area contributed by atoms with Crippen molar-refractivity contribution in [2.45, 2.75) is 13.5 Å². The van der Waals surface area contributed by atoms with E-state index in [-0.39, 0.29) is 13.2 Å². The molecule has 0 spiro atoms. The number of carbonyl (C=O) groups is 2. The Labute approximate surface area is 177 Å². The molecule has 3 aromatic carbocycles. The fourth-order valence-corrected chi connectivity index (χ4v) is 2.72. The molecule has 148 valence electrons. The molecule has 0 saturated heterocycles. The van der Waals surface area contributed by atoms with Crippen LogP contribution in [0, 0.1) is 6.92 Å². The number of halogens is 1. The molecular weight excluding hydrogens is 436 g/mol. The van der Waals surface area contributed by atoms with Crippen LogP contribution in [-0.4, -0.2) is 18.5 Å². The largest absolute Gasteiger partial charge is 0.482 e. The Morgan fingerprint density at radius 2 is 1.59 bits per heavy atom. The number of hydrogen-bond donors (Lipinski definition) is 0. The molecule has 0 amide bonds. The van der Waals surface area contributed by atoms with Crippen molar-refractivity contribution < 1.29 is 23.8 Å². The van der Waals surface area contributed by atoms with Gasteiger partial charge in [-0.15, -0.1) is 0 Å². The minimum absolute atomic E-state index is 0.198. The van der Waals surface area contributed by atoms with Crippen molar-refractivity contribution in [1.82, 2.24) is 0 Å². The summed E-state index contributed by atoms with van der Waals surface area (Å²) in [6.07, 6.45) is 0. The quantitative estimate of drug-likeness (QED) is 0.367. The number of carbonyl (C=O) groups excluding carboxylic acids is 2. The molecule has 0 N–H and O–H groups in total. The van der Waals surface area contributed by atoms with E-state index in [4.69, 9.17) is 14.2 Å². The minimum Gasteiger partial charge on any atom is -0.482 e. The SMILES string of the molecule is Cc1cc(OCC(=O)Oc2ccc(C(=O)OCc3ccccc3)cc2)ccc1Br. The van der Waals surface area contributed by atoms with E-state index in [9.17, 15) is 9.59 Å². The van der Waals surface area contributed by atoms with Crippen LogP contribution >= 0.6 is 15.9 Å². The number of hydrogen-bond acceptors (Lipinski definition) is 5. The van der Waals surface area contributed by atoms with E-state index in [1.54, 1.807) is 30.3 Å². The fourth-order valence-electron chi connectivity index (χ4n) is 2.48. The zero-order valence-corrected chi connectivity index (χ0v) is 17.3. The van der Waals surface area contributed by atoms with Crippen LogP contribution in [0.3, 0.4) is 0 Å². The molecule has 3 rings (SSSR count). The second-order valence-corrected chi connectivity index (χ2v) is 7.11. The number of aryl methyl sites for hydroxylation is 1. The van der Waals surface area contributed by atoms with Crippen molar-refractivity contribution in [3.63, 3.8) is 0 Å². The lowest BCUT2D eigenvalue weighted by Gasteiger charge is -2.09. The minimum atomic E-state index is -0.537. The maximum Gasteiger partial charge on any atom is 0.349 e. The molecule has 0 fully saturated rings. The Hall–Kier alpha value is -3.12. The molecule has 0 saturated carbocycles. The number of benzene rings is 3. The highest BCUT2D eigenvalue weighted by Gasteiger charge is 2.10. The Balaban J connectivity index is 1.48. The van der Waals surface area contributed by atoms with E-state index < -0.39 is 11.9 Å². The maximum atomic E-state index is 12.1. The summed E-state index contributed by atoms with van der Waals surface area (Å²) in [6.45, 7) is 1.91. The first-order valence-electron chi connectivity index (χ1n) is 8.92. The van der Waals surface area contributed by atoms with Gasteiger partial charge < -0.3 is 14.2 Å². The average molecular weight is 455 g/mol. The highest BCUT2D eigenvalue weighted by Crippen LogP contribution is 2.21. The highest BCUT2D eigenvalue weighted by molar-refractivity contribution is 9.10. The Morgan fingerprint density at radius 1 is 0.897 bits per heavy atom. The van der Waals surface area contributed by atoms with Crippen molar-refractivity contribution in [2.24, 2.45) is 0 Å². The number of ether oxygens (including phenoxy) is 3. The summed E-state index contributed by atoms with van der Waals surface area (Å²) in [5, 5.41) is 0. The molecule has 0 atom stereocenters. The summed E-state index contributed by atoms with van der Waals surface area (Å²) < 4.78 is 16.9. The predicted molar refractivity (Wildman–Crippen MR) is 112 cm³/mol. The first kappa shape index (κ1) is 20.6. The lowest BCUT2D eigenvalue weighted by Crippen LogP contribution is -2.17. The zero-order chi connectivity index (χ0) is 20.6. The molecule has 6 heteroatoms. The Kier molecular flexibility index (Phi) is 7.03. The van der Waals surface area contributed by atoms with Crippen LogP contribution in [0.15, 0.2) is 77.3 Å². The number of esters is 2. The van der Waals surface area contributed by atoms with Gasteiger partial charge in [-0.1, -0.05) is 46.3 Å². The fraction of sp³-hybridized carbons (Fsp3) is 0.130. The van der Waals surface area contributed by atoms with Gasteiger partial charge in [-0.2, -0.15) is 0 Å². The summed E-state index contributed by atoms with van der Waals surface area (Å²) in [5.41, 5.74) is 2.29. The first-order valence-corrected chi connectivity index (χ1v) is 9.71. The second-order valence-electron chi connectivity index (χ2n) is 6.26. The van der Waals surface area contributed by atoms with Crippen molar-refractivity contribution in [2.75, 3.05) is 6.61 Å². The van der Waals surface area contributed by atoms with Gasteiger partial charge in [-0.3, -0.25) is 0 Å². The second kappa shape index (κ2) is 9.89. The summed E-state index contributed by atoms with van der Waals surface area (Å²) in [4.78, 5) is 24.1. The summed E-state index contributed by atoms with van der Waals surface area (Å²) in [6, 6.07) is 21.1. The number of rotatable bonds is 7. The third-order valence-electron chi connectivity index (χ3n) is 4.02. The maximum absolute atomic E-state index is 12.1. The average Bonchev–Trinajstić information content (AvgIpc) is 2.74. The summed E-state index contributed by atoms with van der Waals surface area (Å²) in [5.74, 6) is -0.0741. The van der Waals surface area contributed by atoms with Crippen LogP contribution < -0.4 is 9.47 Å². The van der Waals surface area contributed by atoms with Gasteiger partial charge in [0.2, 0.25) is 0 Å². The van der Waals surface area contributed by atoms with E-state index in [2.05, 4.69) is 15.9 Å². The van der Waals surface area contributed by atoms with Crippen LogP contribution in [0.1, 0.15) is 21.5 Å². The normalized spacial score (nSPS) is 10.3. The molecule has 0 aliphatic heterocycles. The van der Waals surface area contributed by atoms with Gasteiger partial charge in [0.05, 0.1) is 5.56 Å². The molecule has 0 heterocycles. The summed E-state index contributed by atoms with van der Waals surface area (Å²) in [7, 11) is 0. The third kappa shape index (κ3) is 6.19. The zero-order valence-electron chi connectivity index (χ0n) is 15.8. The first-order chi connectivity index (χ1) is 14.0. The van der Waals surface area contributed by atoms with Gasteiger partial charge in [-0.05, 0) is 60.5 Å². The van der Waals surface area contributed by atoms with Crippen molar-refractivity contribution in [3.05, 3.63) is 94.0 Å². The molecule has 0 unspecified atom stereocenters. The molecule has 0 aliphatic carbocycles. The predicted octanol–water partition coefficient (Wildman–Crippen LogP) is 5.10. The Bertz CT molecular complexity index is 984. The molecule has 5 nitrogen and oxygen atoms in total. The lowest BCUT2D eigenvalue weighted by molar-refractivity contribution is -0.136. The molecular formula is C23H19BrO5. The van der Waals surface area contributed by atoms with E-state index in [1.165, 1.54) is 0 Å². The standard InChI is InChI=1S/C23H19BrO5/c1-16-13-20(11-12-21(16)24)27-15-22(25)29-19-9-7-18(8-10-19)23(26)28-14-17-5-3-2-4-6-17/h2-13H,14-15H2,1H3. The van der Waals surface area contributed by atoms with Crippen molar-refractivity contribution >= 4 is 27.9 Å². The van der Waals surface area contributed by atoms with Crippen molar-refractivity contribution in [3.8, 4) is 11.5 Å². The molecule has 0 radical (unpaired) electrons. The van der Waals surface area contributed by atoms with E-state index in [1.807, 2.05) is 49.4 Å². The van der Waals surface area contributed by atoms with Crippen LogP contribution in [0.2, 0.25) is 0 Å².